The molecule has 0 aliphatic carbocycles. The topological polar surface area (TPSA) is 64.1 Å². The molecule has 0 fully saturated rings. The highest BCUT2D eigenvalue weighted by Crippen LogP contribution is 2.35. The number of nitrogens with one attached hydrogen (secondary N) is 1. The van der Waals surface area contributed by atoms with Gasteiger partial charge >= 0.3 is 6.09 Å². The zero-order valence-corrected chi connectivity index (χ0v) is 15.8. The van der Waals surface area contributed by atoms with Crippen LogP contribution in [0.3, 0.4) is 0 Å². The standard InChI is InChI=1S/C20H21N3O2S/c1-20(2,3)25-19(24)23-12-15-6-7-18(26-15)17-13-22-10-8-16(17)14-5-4-9-21-11-14/h4-11,13H,12H2,1-3H3,(H,23,24). The van der Waals surface area contributed by atoms with Gasteiger partial charge in [-0.1, -0.05) is 6.07 Å². The summed E-state index contributed by atoms with van der Waals surface area (Å²) < 4.78 is 5.27. The smallest absolute Gasteiger partial charge is 0.407 e. The van der Waals surface area contributed by atoms with Gasteiger partial charge in [-0.2, -0.15) is 0 Å². The minimum Gasteiger partial charge on any atom is -0.444 e. The molecule has 0 saturated carbocycles. The second-order valence-corrected chi connectivity index (χ2v) is 7.95. The van der Waals surface area contributed by atoms with Crippen LogP contribution in [0.2, 0.25) is 0 Å². The van der Waals surface area contributed by atoms with Gasteiger partial charge in [0.15, 0.2) is 0 Å². The van der Waals surface area contributed by atoms with Crippen LogP contribution >= 0.6 is 11.3 Å². The average Bonchev–Trinajstić information content (AvgIpc) is 3.08. The Labute approximate surface area is 157 Å². The number of alkyl carbamates (subject to hydrolysis) is 1. The van der Waals surface area contributed by atoms with Crippen molar-refractivity contribution in [2.24, 2.45) is 0 Å². The minimum atomic E-state index is -0.501. The molecule has 3 aromatic rings. The van der Waals surface area contributed by atoms with Crippen molar-refractivity contribution in [3.63, 3.8) is 0 Å². The number of thiophene rings is 1. The SMILES string of the molecule is CC(C)(C)OC(=O)NCc1ccc(-c2cnccc2-c2cccnc2)s1. The number of nitrogens with zero attached hydrogens (tertiary/aromatic N) is 2. The van der Waals surface area contributed by atoms with Gasteiger partial charge in [0.25, 0.3) is 0 Å². The maximum absolute atomic E-state index is 11.8. The van der Waals surface area contributed by atoms with E-state index in [2.05, 4.69) is 15.3 Å². The molecule has 0 bridgehead atoms. The van der Waals surface area contributed by atoms with Crippen LogP contribution in [0.4, 0.5) is 4.79 Å². The summed E-state index contributed by atoms with van der Waals surface area (Å²) >= 11 is 1.62. The van der Waals surface area contributed by atoms with Gasteiger partial charge in [0.2, 0.25) is 0 Å². The van der Waals surface area contributed by atoms with Crippen molar-refractivity contribution in [2.75, 3.05) is 0 Å². The molecule has 1 amide bonds. The van der Waals surface area contributed by atoms with Crippen molar-refractivity contribution in [3.05, 3.63) is 60.0 Å². The predicted molar refractivity (Wildman–Crippen MR) is 104 cm³/mol. The largest absolute Gasteiger partial charge is 0.444 e. The molecule has 134 valence electrons. The normalized spacial score (nSPS) is 11.2. The molecule has 26 heavy (non-hydrogen) atoms. The highest BCUT2D eigenvalue weighted by atomic mass is 32.1. The first-order valence-electron chi connectivity index (χ1n) is 8.33. The van der Waals surface area contributed by atoms with Gasteiger partial charge in [-0.15, -0.1) is 11.3 Å². The second-order valence-electron chi connectivity index (χ2n) is 6.78. The Morgan fingerprint density at radius 3 is 2.62 bits per heavy atom. The Hall–Kier alpha value is -2.73. The minimum absolute atomic E-state index is 0.412. The fraction of sp³-hybridized carbons (Fsp3) is 0.250. The molecule has 0 aliphatic rings. The van der Waals surface area contributed by atoms with Crippen LogP contribution < -0.4 is 5.32 Å². The Morgan fingerprint density at radius 1 is 1.08 bits per heavy atom. The third-order valence-electron chi connectivity index (χ3n) is 3.53. The molecule has 0 unspecified atom stereocenters. The molecule has 0 spiro atoms. The number of amides is 1. The second kappa shape index (κ2) is 7.66. The third-order valence-corrected chi connectivity index (χ3v) is 4.65. The van der Waals surface area contributed by atoms with Gasteiger partial charge in [0, 0.05) is 45.7 Å². The van der Waals surface area contributed by atoms with Gasteiger partial charge in [0.05, 0.1) is 6.54 Å². The quantitative estimate of drug-likeness (QED) is 0.712. The highest BCUT2D eigenvalue weighted by Gasteiger charge is 2.16. The van der Waals surface area contributed by atoms with E-state index < -0.39 is 11.7 Å². The fourth-order valence-electron chi connectivity index (χ4n) is 2.46. The summed E-state index contributed by atoms with van der Waals surface area (Å²) in [7, 11) is 0. The van der Waals surface area contributed by atoms with Crippen molar-refractivity contribution in [1.82, 2.24) is 15.3 Å². The fourth-order valence-corrected chi connectivity index (χ4v) is 3.43. The molecule has 3 rings (SSSR count). The number of rotatable bonds is 4. The zero-order valence-electron chi connectivity index (χ0n) is 15.0. The summed E-state index contributed by atoms with van der Waals surface area (Å²) in [5.41, 5.74) is 2.68. The van der Waals surface area contributed by atoms with E-state index in [0.29, 0.717) is 6.54 Å². The van der Waals surface area contributed by atoms with Crippen LogP contribution in [-0.2, 0) is 11.3 Å². The summed E-state index contributed by atoms with van der Waals surface area (Å²) in [6.07, 6.45) is 6.83. The number of carbonyl (C=O) groups excluding carboxylic acids is 1. The molecule has 0 radical (unpaired) electrons. The molecular formula is C20H21N3O2S. The van der Waals surface area contributed by atoms with E-state index >= 15 is 0 Å². The lowest BCUT2D eigenvalue weighted by atomic mass is 10.0. The van der Waals surface area contributed by atoms with E-state index in [0.717, 1.165) is 26.4 Å². The molecule has 5 nitrogen and oxygen atoms in total. The maximum Gasteiger partial charge on any atom is 0.407 e. The first-order valence-corrected chi connectivity index (χ1v) is 9.14. The summed E-state index contributed by atoms with van der Waals surface area (Å²) in [4.78, 5) is 22.4. The molecule has 1 N–H and O–H groups in total. The average molecular weight is 367 g/mol. The van der Waals surface area contributed by atoms with E-state index in [1.807, 2.05) is 63.5 Å². The van der Waals surface area contributed by atoms with Crippen LogP contribution in [-0.4, -0.2) is 21.7 Å². The molecule has 6 heteroatoms. The molecule has 0 atom stereocenters. The van der Waals surface area contributed by atoms with Crippen LogP contribution in [0, 0.1) is 0 Å². The van der Waals surface area contributed by atoms with Gasteiger partial charge in [0.1, 0.15) is 5.60 Å². The van der Waals surface area contributed by atoms with E-state index in [9.17, 15) is 4.79 Å². The lowest BCUT2D eigenvalue weighted by molar-refractivity contribution is 0.0524. The number of hydrogen-bond acceptors (Lipinski definition) is 5. The number of pyridine rings is 2. The first-order chi connectivity index (χ1) is 12.4. The summed E-state index contributed by atoms with van der Waals surface area (Å²) in [5, 5.41) is 2.79. The van der Waals surface area contributed by atoms with Gasteiger partial charge < -0.3 is 10.1 Å². The predicted octanol–water partition coefficient (Wildman–Crippen LogP) is 4.90. The summed E-state index contributed by atoms with van der Waals surface area (Å²) in [6, 6.07) is 10.0. The van der Waals surface area contributed by atoms with Crippen molar-refractivity contribution in [1.29, 1.82) is 0 Å². The van der Waals surface area contributed by atoms with Crippen molar-refractivity contribution in [3.8, 4) is 21.6 Å². The van der Waals surface area contributed by atoms with Gasteiger partial charge in [-0.05, 0) is 50.6 Å². The Bertz CT molecular complexity index is 885. The maximum atomic E-state index is 11.8. The zero-order chi connectivity index (χ0) is 18.6. The van der Waals surface area contributed by atoms with Crippen LogP contribution in [0.25, 0.3) is 21.6 Å². The van der Waals surface area contributed by atoms with Crippen LogP contribution in [0.1, 0.15) is 25.6 Å². The molecule has 0 aromatic carbocycles. The third kappa shape index (κ3) is 4.67. The van der Waals surface area contributed by atoms with E-state index in [4.69, 9.17) is 4.74 Å². The molecule has 3 aromatic heterocycles. The Morgan fingerprint density at radius 2 is 1.88 bits per heavy atom. The lowest BCUT2D eigenvalue weighted by Gasteiger charge is -2.19. The first kappa shape index (κ1) is 18.1. The summed E-state index contributed by atoms with van der Waals surface area (Å²) in [6.45, 7) is 5.97. The number of carbonyl (C=O) groups is 1. The van der Waals surface area contributed by atoms with E-state index in [1.54, 1.807) is 23.7 Å². The number of aromatic nitrogens is 2. The monoisotopic (exact) mass is 367 g/mol. The van der Waals surface area contributed by atoms with Gasteiger partial charge in [-0.25, -0.2) is 4.79 Å². The summed E-state index contributed by atoms with van der Waals surface area (Å²) in [5.74, 6) is 0. The van der Waals surface area contributed by atoms with Crippen molar-refractivity contribution in [2.45, 2.75) is 32.9 Å². The molecule has 0 saturated heterocycles. The molecule has 0 aliphatic heterocycles. The molecular weight excluding hydrogens is 346 g/mol. The molecule has 3 heterocycles. The van der Waals surface area contributed by atoms with Crippen molar-refractivity contribution >= 4 is 17.4 Å². The Balaban J connectivity index is 1.76. The van der Waals surface area contributed by atoms with E-state index in [1.165, 1.54) is 0 Å². The van der Waals surface area contributed by atoms with Crippen molar-refractivity contribution < 1.29 is 9.53 Å². The van der Waals surface area contributed by atoms with Crippen LogP contribution in [0.5, 0.6) is 0 Å². The number of ether oxygens (including phenoxy) is 1. The number of hydrogen-bond donors (Lipinski definition) is 1. The van der Waals surface area contributed by atoms with Gasteiger partial charge in [-0.3, -0.25) is 9.97 Å². The van der Waals surface area contributed by atoms with Crippen LogP contribution in [0.15, 0.2) is 55.1 Å². The highest BCUT2D eigenvalue weighted by molar-refractivity contribution is 7.15. The Kier molecular flexibility index (Phi) is 5.32. The lowest BCUT2D eigenvalue weighted by Crippen LogP contribution is -2.31. The van der Waals surface area contributed by atoms with E-state index in [-0.39, 0.29) is 0 Å².